The number of carboxylic acid groups (broad SMARTS) is 1. The van der Waals surface area contributed by atoms with E-state index in [1.807, 2.05) is 0 Å². The Bertz CT molecular complexity index is 655. The van der Waals surface area contributed by atoms with Gasteiger partial charge in [-0.2, -0.15) is 0 Å². The first kappa shape index (κ1) is 15.1. The van der Waals surface area contributed by atoms with Crippen LogP contribution in [0, 0.1) is 0 Å². The van der Waals surface area contributed by atoms with E-state index in [2.05, 4.69) is 4.98 Å². The number of aromatic carboxylic acids is 1. The zero-order valence-electron chi connectivity index (χ0n) is 11.3. The van der Waals surface area contributed by atoms with Crippen LogP contribution in [-0.4, -0.2) is 28.6 Å². The minimum atomic E-state index is -0.985. The topological polar surface area (TPSA) is 76.5 Å². The quantitative estimate of drug-likeness (QED) is 0.855. The molecule has 0 saturated carbocycles. The van der Waals surface area contributed by atoms with E-state index in [0.717, 1.165) is 0 Å². The van der Waals surface area contributed by atoms with E-state index >= 15 is 0 Å². The monoisotopic (exact) mass is 303 g/mol. The molecule has 0 amide bonds. The molecule has 5 nitrogen and oxygen atoms in total. The van der Waals surface area contributed by atoms with Crippen molar-refractivity contribution < 1.29 is 19.4 Å². The van der Waals surface area contributed by atoms with E-state index in [9.17, 15) is 9.59 Å². The molecule has 0 fully saturated rings. The van der Waals surface area contributed by atoms with Crippen molar-refractivity contribution in [3.05, 3.63) is 53.7 Å². The largest absolute Gasteiger partial charge is 0.478 e. The Hall–Kier alpha value is -2.34. The van der Waals surface area contributed by atoms with Crippen molar-refractivity contribution in [3.63, 3.8) is 0 Å². The number of carboxylic acids is 1. The molecule has 1 heterocycles. The molecule has 6 heteroatoms. The molecule has 0 aliphatic carbocycles. The van der Waals surface area contributed by atoms with Crippen molar-refractivity contribution in [2.75, 3.05) is 6.61 Å². The van der Waals surface area contributed by atoms with Crippen molar-refractivity contribution in [1.82, 2.24) is 4.98 Å². The number of carbonyl (C=O) groups is 2. The molecular weight excluding hydrogens is 290 g/mol. The first-order valence-electron chi connectivity index (χ1n) is 6.25. The van der Waals surface area contributed by atoms with E-state index in [1.54, 1.807) is 37.3 Å². The summed E-state index contributed by atoms with van der Waals surface area (Å²) in [4.78, 5) is 27.4. The number of pyridine rings is 1. The van der Waals surface area contributed by atoms with Gasteiger partial charge in [-0.15, -0.1) is 0 Å². The van der Waals surface area contributed by atoms with Crippen molar-refractivity contribution in [2.24, 2.45) is 0 Å². The summed E-state index contributed by atoms with van der Waals surface area (Å²) in [6, 6.07) is 9.96. The minimum Gasteiger partial charge on any atom is -0.478 e. The highest BCUT2D eigenvalue weighted by Gasteiger charge is 2.12. The van der Waals surface area contributed by atoms with Gasteiger partial charge in [0.2, 0.25) is 0 Å². The Morgan fingerprint density at radius 1 is 1.24 bits per heavy atom. The van der Waals surface area contributed by atoms with Gasteiger partial charge in [-0.05, 0) is 31.2 Å². The second kappa shape index (κ2) is 6.90. The molecule has 2 aromatic rings. The number of nitrogens with zero attached hydrogens (tertiary/aromatic N) is 1. The number of hydrogen-bond acceptors (Lipinski definition) is 5. The van der Waals surface area contributed by atoms with Crippen LogP contribution in [0.3, 0.4) is 0 Å². The maximum absolute atomic E-state index is 11.5. The molecule has 0 spiro atoms. The summed E-state index contributed by atoms with van der Waals surface area (Å²) < 4.78 is 4.87. The van der Waals surface area contributed by atoms with Gasteiger partial charge < -0.3 is 9.84 Å². The molecule has 0 atom stereocenters. The zero-order chi connectivity index (χ0) is 15.2. The number of aromatic nitrogens is 1. The molecule has 0 aliphatic heterocycles. The second-order valence-corrected chi connectivity index (χ2v) is 5.07. The van der Waals surface area contributed by atoms with E-state index in [1.165, 1.54) is 24.0 Å². The molecule has 0 bridgehead atoms. The molecule has 108 valence electrons. The summed E-state index contributed by atoms with van der Waals surface area (Å²) in [6.45, 7) is 2.04. The van der Waals surface area contributed by atoms with Crippen LogP contribution < -0.4 is 0 Å². The Labute approximate surface area is 126 Å². The van der Waals surface area contributed by atoms with Crippen LogP contribution in [0.1, 0.15) is 27.6 Å². The van der Waals surface area contributed by atoms with E-state index in [0.29, 0.717) is 22.1 Å². The highest BCUT2D eigenvalue weighted by atomic mass is 32.2. The number of benzene rings is 1. The molecule has 0 radical (unpaired) electrons. The lowest BCUT2D eigenvalue weighted by Gasteiger charge is -2.05. The van der Waals surface area contributed by atoms with Crippen molar-refractivity contribution >= 4 is 23.7 Å². The van der Waals surface area contributed by atoms with Crippen molar-refractivity contribution in [1.29, 1.82) is 0 Å². The smallest absolute Gasteiger partial charge is 0.339 e. The number of hydrogen-bond donors (Lipinski definition) is 1. The molecule has 1 aromatic heterocycles. The van der Waals surface area contributed by atoms with Gasteiger partial charge in [0.15, 0.2) is 0 Å². The summed E-state index contributed by atoms with van der Waals surface area (Å²) in [5.74, 6) is -1.41. The Kier molecular flexibility index (Phi) is 4.94. The van der Waals surface area contributed by atoms with Gasteiger partial charge >= 0.3 is 11.9 Å². The van der Waals surface area contributed by atoms with Gasteiger partial charge in [-0.25, -0.2) is 14.6 Å². The highest BCUT2D eigenvalue weighted by molar-refractivity contribution is 7.99. The fourth-order valence-electron chi connectivity index (χ4n) is 1.62. The summed E-state index contributed by atoms with van der Waals surface area (Å²) in [7, 11) is 0. The van der Waals surface area contributed by atoms with E-state index in [-0.39, 0.29) is 5.56 Å². The SMILES string of the molecule is CCOC(=O)c1ccc(Sc2ccccc2C(=O)O)nc1. The molecule has 1 N–H and O–H groups in total. The molecule has 0 saturated heterocycles. The first-order valence-corrected chi connectivity index (χ1v) is 7.07. The molecule has 21 heavy (non-hydrogen) atoms. The van der Waals surface area contributed by atoms with Crippen LogP contribution in [-0.2, 0) is 4.74 Å². The molecular formula is C15H13NO4S. The predicted molar refractivity (Wildman–Crippen MR) is 77.7 cm³/mol. The highest BCUT2D eigenvalue weighted by Crippen LogP contribution is 2.29. The lowest BCUT2D eigenvalue weighted by atomic mass is 10.2. The Morgan fingerprint density at radius 3 is 2.62 bits per heavy atom. The maximum Gasteiger partial charge on any atom is 0.339 e. The van der Waals surface area contributed by atoms with Crippen LogP contribution in [0.15, 0.2) is 52.5 Å². The lowest BCUT2D eigenvalue weighted by molar-refractivity contribution is 0.0525. The van der Waals surface area contributed by atoms with Crippen LogP contribution >= 0.6 is 11.8 Å². The summed E-state index contributed by atoms with van der Waals surface area (Å²) >= 11 is 1.23. The summed E-state index contributed by atoms with van der Waals surface area (Å²) in [5, 5.41) is 9.73. The van der Waals surface area contributed by atoms with Gasteiger partial charge in [0.25, 0.3) is 0 Å². The second-order valence-electron chi connectivity index (χ2n) is 4.01. The third-order valence-corrected chi connectivity index (χ3v) is 3.61. The van der Waals surface area contributed by atoms with Crippen molar-refractivity contribution in [3.8, 4) is 0 Å². The molecule has 1 aromatic carbocycles. The zero-order valence-corrected chi connectivity index (χ0v) is 12.1. The minimum absolute atomic E-state index is 0.221. The third kappa shape index (κ3) is 3.82. The number of rotatable bonds is 5. The summed E-state index contributed by atoms with van der Waals surface area (Å²) in [5.41, 5.74) is 0.589. The fraction of sp³-hybridized carbons (Fsp3) is 0.133. The van der Waals surface area contributed by atoms with E-state index in [4.69, 9.17) is 9.84 Å². The van der Waals surface area contributed by atoms with Crippen LogP contribution in [0.2, 0.25) is 0 Å². The van der Waals surface area contributed by atoms with Crippen LogP contribution in [0.5, 0.6) is 0 Å². The molecule has 0 unspecified atom stereocenters. The molecule has 0 aliphatic rings. The number of carbonyl (C=O) groups excluding carboxylic acids is 1. The van der Waals surface area contributed by atoms with Crippen LogP contribution in [0.25, 0.3) is 0 Å². The lowest BCUT2D eigenvalue weighted by Crippen LogP contribution is -2.04. The normalized spacial score (nSPS) is 10.1. The third-order valence-electron chi connectivity index (χ3n) is 2.58. The van der Waals surface area contributed by atoms with Crippen LogP contribution in [0.4, 0.5) is 0 Å². The summed E-state index contributed by atoms with van der Waals surface area (Å²) in [6.07, 6.45) is 1.42. The van der Waals surface area contributed by atoms with Gasteiger partial charge in [-0.3, -0.25) is 0 Å². The number of ether oxygens (including phenoxy) is 1. The van der Waals surface area contributed by atoms with Gasteiger partial charge in [-0.1, -0.05) is 23.9 Å². The van der Waals surface area contributed by atoms with Crippen molar-refractivity contribution in [2.45, 2.75) is 16.8 Å². The number of esters is 1. The Balaban J connectivity index is 2.18. The van der Waals surface area contributed by atoms with Gasteiger partial charge in [0.1, 0.15) is 5.03 Å². The van der Waals surface area contributed by atoms with E-state index < -0.39 is 11.9 Å². The van der Waals surface area contributed by atoms with Gasteiger partial charge in [0, 0.05) is 11.1 Å². The maximum atomic E-state index is 11.5. The first-order chi connectivity index (χ1) is 10.1. The molecule has 2 rings (SSSR count). The fourth-order valence-corrected chi connectivity index (χ4v) is 2.50. The average Bonchev–Trinajstić information content (AvgIpc) is 2.48. The standard InChI is InChI=1S/C15H13NO4S/c1-2-20-15(19)10-7-8-13(16-9-10)21-12-6-4-3-5-11(12)14(17)18/h3-9H,2H2,1H3,(H,17,18). The average molecular weight is 303 g/mol. The van der Waals surface area contributed by atoms with Gasteiger partial charge in [0.05, 0.1) is 17.7 Å². The Morgan fingerprint density at radius 2 is 2.00 bits per heavy atom. The predicted octanol–water partition coefficient (Wildman–Crippen LogP) is 3.11.